The van der Waals surface area contributed by atoms with Gasteiger partial charge in [-0.05, 0) is 79.0 Å². The summed E-state index contributed by atoms with van der Waals surface area (Å²) in [5.41, 5.74) is 3.44. The zero-order chi connectivity index (χ0) is 16.5. The fourth-order valence-electron chi connectivity index (χ4n) is 4.31. The number of hydrogen-bond donors (Lipinski definition) is 2. The Bertz CT molecular complexity index is 724. The minimum absolute atomic E-state index is 0.386. The van der Waals surface area contributed by atoms with E-state index in [4.69, 9.17) is 9.94 Å². The van der Waals surface area contributed by atoms with Crippen molar-refractivity contribution in [1.29, 1.82) is 0 Å². The highest BCUT2D eigenvalue weighted by Gasteiger charge is 2.39. The van der Waals surface area contributed by atoms with Gasteiger partial charge in [-0.1, -0.05) is 18.6 Å². The molecule has 3 atom stereocenters. The summed E-state index contributed by atoms with van der Waals surface area (Å²) in [5, 5.41) is 8.62. The standard InChI is InChI=1S/C20H21NO3/c22-20(21-23)15-5-9-18(10-6-15)24-17-7-3-14(4-8-17)19-12-13-1-2-16(19)11-13/h3-10,13,16,19,23H,1-2,11-12H2,(H,21,22)/t13-,16+,19?/m1/s1. The molecule has 2 bridgehead atoms. The number of fused-ring (bicyclic) bond motifs is 2. The predicted octanol–water partition coefficient (Wildman–Crippen LogP) is 4.50. The van der Waals surface area contributed by atoms with E-state index in [-0.39, 0.29) is 0 Å². The van der Waals surface area contributed by atoms with Crippen LogP contribution in [0.2, 0.25) is 0 Å². The molecule has 0 heterocycles. The van der Waals surface area contributed by atoms with Crippen LogP contribution in [0.5, 0.6) is 11.5 Å². The summed E-state index contributed by atoms with van der Waals surface area (Å²) in [6, 6.07) is 15.1. The first-order valence-corrected chi connectivity index (χ1v) is 8.55. The van der Waals surface area contributed by atoms with Gasteiger partial charge in [-0.3, -0.25) is 10.0 Å². The van der Waals surface area contributed by atoms with Crippen molar-refractivity contribution in [2.45, 2.75) is 31.6 Å². The van der Waals surface area contributed by atoms with Gasteiger partial charge in [0, 0.05) is 5.56 Å². The number of ether oxygens (including phenoxy) is 1. The van der Waals surface area contributed by atoms with E-state index in [1.807, 2.05) is 12.1 Å². The van der Waals surface area contributed by atoms with E-state index in [9.17, 15) is 4.79 Å². The Morgan fingerprint density at radius 2 is 1.62 bits per heavy atom. The van der Waals surface area contributed by atoms with Crippen LogP contribution < -0.4 is 10.2 Å². The monoisotopic (exact) mass is 323 g/mol. The molecule has 124 valence electrons. The van der Waals surface area contributed by atoms with Gasteiger partial charge < -0.3 is 4.74 Å². The van der Waals surface area contributed by atoms with Crippen LogP contribution in [0.3, 0.4) is 0 Å². The van der Waals surface area contributed by atoms with E-state index in [0.29, 0.717) is 11.3 Å². The van der Waals surface area contributed by atoms with Gasteiger partial charge in [0.05, 0.1) is 0 Å². The lowest BCUT2D eigenvalue weighted by molar-refractivity contribution is 0.0706. The maximum atomic E-state index is 11.3. The number of hydroxylamine groups is 1. The molecule has 2 aromatic rings. The molecule has 4 heteroatoms. The number of hydrogen-bond acceptors (Lipinski definition) is 3. The SMILES string of the molecule is O=C(NO)c1ccc(Oc2ccc(C3C[C@@H]4CC[C@H]3C4)cc2)cc1. The van der Waals surface area contributed by atoms with Crippen molar-refractivity contribution in [1.82, 2.24) is 5.48 Å². The molecule has 2 saturated carbocycles. The van der Waals surface area contributed by atoms with Crippen molar-refractivity contribution in [3.05, 3.63) is 59.7 Å². The van der Waals surface area contributed by atoms with E-state index < -0.39 is 5.91 Å². The second kappa shape index (κ2) is 6.29. The summed E-state index contributed by atoms with van der Waals surface area (Å²) in [7, 11) is 0. The number of carbonyl (C=O) groups excluding carboxylic acids is 1. The van der Waals surface area contributed by atoms with Crippen molar-refractivity contribution in [2.75, 3.05) is 0 Å². The van der Waals surface area contributed by atoms with Crippen LogP contribution in [0.15, 0.2) is 48.5 Å². The summed E-state index contributed by atoms with van der Waals surface area (Å²) in [6.07, 6.45) is 5.57. The van der Waals surface area contributed by atoms with Crippen LogP contribution >= 0.6 is 0 Å². The van der Waals surface area contributed by atoms with Crippen molar-refractivity contribution < 1.29 is 14.7 Å². The maximum Gasteiger partial charge on any atom is 0.274 e. The van der Waals surface area contributed by atoms with Gasteiger partial charge in [0.25, 0.3) is 5.91 Å². The lowest BCUT2D eigenvalue weighted by Gasteiger charge is -2.22. The van der Waals surface area contributed by atoms with Crippen LogP contribution in [0.4, 0.5) is 0 Å². The molecular formula is C20H21NO3. The lowest BCUT2D eigenvalue weighted by Crippen LogP contribution is -2.18. The lowest BCUT2D eigenvalue weighted by atomic mass is 9.83. The first kappa shape index (κ1) is 15.2. The molecule has 4 rings (SSSR count). The van der Waals surface area contributed by atoms with Gasteiger partial charge in [0.15, 0.2) is 0 Å². The minimum atomic E-state index is -0.531. The average Bonchev–Trinajstić information content (AvgIpc) is 3.26. The highest BCUT2D eigenvalue weighted by Crippen LogP contribution is 2.52. The third-order valence-corrected chi connectivity index (χ3v) is 5.50. The number of nitrogens with one attached hydrogen (secondary N) is 1. The molecule has 1 amide bonds. The third-order valence-electron chi connectivity index (χ3n) is 5.50. The maximum absolute atomic E-state index is 11.3. The normalized spacial score (nSPS) is 24.8. The van der Waals surface area contributed by atoms with Gasteiger partial charge in [0.2, 0.25) is 0 Å². The molecule has 0 radical (unpaired) electrons. The Hall–Kier alpha value is -2.33. The summed E-state index contributed by atoms with van der Waals surface area (Å²) in [5.74, 6) is 3.49. The first-order valence-electron chi connectivity index (χ1n) is 8.55. The van der Waals surface area contributed by atoms with Crippen molar-refractivity contribution in [2.24, 2.45) is 11.8 Å². The quantitative estimate of drug-likeness (QED) is 0.643. The molecule has 1 unspecified atom stereocenters. The van der Waals surface area contributed by atoms with Crippen molar-refractivity contribution in [3.63, 3.8) is 0 Å². The van der Waals surface area contributed by atoms with Crippen LogP contribution in [-0.4, -0.2) is 11.1 Å². The summed E-state index contributed by atoms with van der Waals surface area (Å²) in [6.45, 7) is 0. The van der Waals surface area contributed by atoms with Gasteiger partial charge >= 0.3 is 0 Å². The predicted molar refractivity (Wildman–Crippen MR) is 90.4 cm³/mol. The summed E-state index contributed by atoms with van der Waals surface area (Å²) < 4.78 is 5.83. The van der Waals surface area contributed by atoms with Crippen molar-refractivity contribution >= 4 is 5.91 Å². The van der Waals surface area contributed by atoms with E-state index in [2.05, 4.69) is 12.1 Å². The first-order chi connectivity index (χ1) is 11.7. The number of amides is 1. The molecule has 4 nitrogen and oxygen atoms in total. The highest BCUT2D eigenvalue weighted by molar-refractivity contribution is 5.93. The second-order valence-corrected chi connectivity index (χ2v) is 6.92. The van der Waals surface area contributed by atoms with E-state index in [1.165, 1.54) is 31.2 Å². The second-order valence-electron chi connectivity index (χ2n) is 6.92. The van der Waals surface area contributed by atoms with Gasteiger partial charge in [-0.25, -0.2) is 5.48 Å². The minimum Gasteiger partial charge on any atom is -0.457 e. The fraction of sp³-hybridized carbons (Fsp3) is 0.350. The zero-order valence-corrected chi connectivity index (χ0v) is 13.4. The molecule has 0 aromatic heterocycles. The van der Waals surface area contributed by atoms with Crippen LogP contribution in [-0.2, 0) is 0 Å². The van der Waals surface area contributed by atoms with Crippen LogP contribution in [0, 0.1) is 11.8 Å². The molecule has 24 heavy (non-hydrogen) atoms. The average molecular weight is 323 g/mol. The number of carbonyl (C=O) groups is 1. The molecule has 2 aliphatic carbocycles. The molecule has 0 saturated heterocycles. The summed E-state index contributed by atoms with van der Waals surface area (Å²) in [4.78, 5) is 11.3. The fourth-order valence-corrected chi connectivity index (χ4v) is 4.31. The molecule has 2 N–H and O–H groups in total. The van der Waals surface area contributed by atoms with Gasteiger partial charge in [-0.15, -0.1) is 0 Å². The topological polar surface area (TPSA) is 58.6 Å². The van der Waals surface area contributed by atoms with Crippen LogP contribution in [0.25, 0.3) is 0 Å². The van der Waals surface area contributed by atoms with E-state index in [1.54, 1.807) is 29.7 Å². The van der Waals surface area contributed by atoms with E-state index >= 15 is 0 Å². The molecule has 2 fully saturated rings. The van der Waals surface area contributed by atoms with Crippen molar-refractivity contribution in [3.8, 4) is 11.5 Å². The Morgan fingerprint density at radius 1 is 0.958 bits per heavy atom. The Balaban J connectivity index is 1.43. The molecular weight excluding hydrogens is 302 g/mol. The molecule has 2 aromatic carbocycles. The molecule has 2 aliphatic rings. The molecule has 0 spiro atoms. The Kier molecular flexibility index (Phi) is 3.98. The molecule has 0 aliphatic heterocycles. The van der Waals surface area contributed by atoms with Crippen LogP contribution in [0.1, 0.15) is 47.5 Å². The Labute approximate surface area is 141 Å². The van der Waals surface area contributed by atoms with Gasteiger partial charge in [0.1, 0.15) is 11.5 Å². The smallest absolute Gasteiger partial charge is 0.274 e. The number of benzene rings is 2. The number of rotatable bonds is 4. The van der Waals surface area contributed by atoms with E-state index in [0.717, 1.165) is 23.5 Å². The third kappa shape index (κ3) is 2.89. The summed E-state index contributed by atoms with van der Waals surface area (Å²) >= 11 is 0. The Morgan fingerprint density at radius 3 is 2.17 bits per heavy atom. The zero-order valence-electron chi connectivity index (χ0n) is 13.4. The largest absolute Gasteiger partial charge is 0.457 e. The highest BCUT2D eigenvalue weighted by atomic mass is 16.5. The van der Waals surface area contributed by atoms with Gasteiger partial charge in [-0.2, -0.15) is 0 Å².